The van der Waals surface area contributed by atoms with Crippen molar-refractivity contribution < 1.29 is 23.1 Å². The Balaban J connectivity index is 1.52. The highest BCUT2D eigenvalue weighted by molar-refractivity contribution is 7.88. The van der Waals surface area contributed by atoms with Crippen molar-refractivity contribution >= 4 is 16.0 Å². The molecule has 8 nitrogen and oxygen atoms in total. The number of aliphatic carboxylic acids is 1. The SMILES string of the molecule is COc1ccc(CS(N)(=O)=O)cc1CN[C@H]1[C@@H]2CCN(C(C(=O)O)C2)[C@H]1C(c1ccccc1)c1ccccc1. The van der Waals surface area contributed by atoms with E-state index in [4.69, 9.17) is 9.88 Å². The first-order chi connectivity index (χ1) is 18.7. The molecule has 6 rings (SSSR count). The molecular weight excluding hydrogens is 514 g/mol. The fraction of sp³-hybridized carbons (Fsp3) is 0.367. The van der Waals surface area contributed by atoms with Crippen molar-refractivity contribution in [3.05, 3.63) is 101 Å². The molecule has 4 N–H and O–H groups in total. The largest absolute Gasteiger partial charge is 0.496 e. The average Bonchev–Trinajstić information content (AvgIpc) is 2.93. The van der Waals surface area contributed by atoms with Gasteiger partial charge in [0.2, 0.25) is 10.0 Å². The van der Waals surface area contributed by atoms with Crippen LogP contribution in [0.15, 0.2) is 78.9 Å². The predicted octanol–water partition coefficient (Wildman–Crippen LogP) is 3.32. The smallest absolute Gasteiger partial charge is 0.320 e. The molecule has 2 unspecified atom stereocenters. The van der Waals surface area contributed by atoms with E-state index in [9.17, 15) is 18.3 Å². The molecule has 0 aromatic heterocycles. The number of ether oxygens (including phenoxy) is 1. The summed E-state index contributed by atoms with van der Waals surface area (Å²) >= 11 is 0. The highest BCUT2D eigenvalue weighted by atomic mass is 32.2. The van der Waals surface area contributed by atoms with Crippen LogP contribution in [0.1, 0.15) is 41.0 Å². The number of nitrogens with two attached hydrogens (primary N) is 1. The second-order valence-electron chi connectivity index (χ2n) is 10.5. The molecule has 3 aromatic rings. The molecule has 5 atom stereocenters. The van der Waals surface area contributed by atoms with Crippen LogP contribution in [0, 0.1) is 5.92 Å². The predicted molar refractivity (Wildman–Crippen MR) is 150 cm³/mol. The first kappa shape index (κ1) is 27.3. The van der Waals surface area contributed by atoms with Crippen molar-refractivity contribution in [1.82, 2.24) is 10.2 Å². The lowest BCUT2D eigenvalue weighted by Crippen LogP contribution is -2.69. The minimum atomic E-state index is -3.67. The Bertz CT molecular complexity index is 1360. The number of hydrogen-bond donors (Lipinski definition) is 3. The summed E-state index contributed by atoms with van der Waals surface area (Å²) in [6.45, 7) is 1.18. The molecule has 3 aromatic carbocycles. The van der Waals surface area contributed by atoms with Gasteiger partial charge in [0, 0.05) is 30.1 Å². The van der Waals surface area contributed by atoms with Crippen LogP contribution in [0.2, 0.25) is 0 Å². The lowest BCUT2D eigenvalue weighted by atomic mass is 9.68. The minimum Gasteiger partial charge on any atom is -0.496 e. The number of carboxylic acid groups (broad SMARTS) is 1. The van der Waals surface area contributed by atoms with Gasteiger partial charge in [0.05, 0.1) is 12.9 Å². The van der Waals surface area contributed by atoms with Crippen LogP contribution in [0.4, 0.5) is 0 Å². The summed E-state index contributed by atoms with van der Waals surface area (Å²) < 4.78 is 29.0. The van der Waals surface area contributed by atoms with E-state index in [-0.39, 0.29) is 29.7 Å². The molecular formula is C30H35N3O5S. The second-order valence-corrected chi connectivity index (χ2v) is 12.1. The van der Waals surface area contributed by atoms with Gasteiger partial charge in [-0.25, -0.2) is 13.6 Å². The summed E-state index contributed by atoms with van der Waals surface area (Å²) in [6.07, 6.45) is 1.50. The Morgan fingerprint density at radius 3 is 2.28 bits per heavy atom. The van der Waals surface area contributed by atoms with E-state index in [2.05, 4.69) is 34.5 Å². The van der Waals surface area contributed by atoms with Crippen LogP contribution in [0.25, 0.3) is 0 Å². The van der Waals surface area contributed by atoms with Crippen LogP contribution in [-0.4, -0.2) is 56.2 Å². The summed E-state index contributed by atoms with van der Waals surface area (Å²) in [4.78, 5) is 14.5. The van der Waals surface area contributed by atoms with Gasteiger partial charge in [-0.15, -0.1) is 0 Å². The second kappa shape index (κ2) is 11.5. The van der Waals surface area contributed by atoms with Gasteiger partial charge in [-0.05, 0) is 54.1 Å². The van der Waals surface area contributed by atoms with Crippen molar-refractivity contribution in [1.29, 1.82) is 0 Å². The van der Waals surface area contributed by atoms with Gasteiger partial charge in [0.1, 0.15) is 11.8 Å². The number of hydrogen-bond acceptors (Lipinski definition) is 6. The van der Waals surface area contributed by atoms with Crippen molar-refractivity contribution in [3.8, 4) is 5.75 Å². The average molecular weight is 550 g/mol. The highest BCUT2D eigenvalue weighted by Crippen LogP contribution is 2.44. The third-order valence-corrected chi connectivity index (χ3v) is 8.86. The Kier molecular flexibility index (Phi) is 8.04. The first-order valence-corrected chi connectivity index (χ1v) is 14.9. The first-order valence-electron chi connectivity index (χ1n) is 13.2. The summed E-state index contributed by atoms with van der Waals surface area (Å²) in [7, 11) is -2.08. The van der Waals surface area contributed by atoms with Crippen molar-refractivity contribution in [2.75, 3.05) is 13.7 Å². The molecule has 0 aliphatic carbocycles. The molecule has 3 aliphatic rings. The molecule has 2 bridgehead atoms. The number of rotatable bonds is 10. The zero-order valence-electron chi connectivity index (χ0n) is 21.9. The molecule has 3 heterocycles. The fourth-order valence-electron chi connectivity index (χ4n) is 6.54. The van der Waals surface area contributed by atoms with E-state index in [1.165, 1.54) is 0 Å². The van der Waals surface area contributed by atoms with Gasteiger partial charge in [-0.2, -0.15) is 0 Å². The maximum atomic E-state index is 12.4. The van der Waals surface area contributed by atoms with E-state index in [0.717, 1.165) is 29.7 Å². The highest BCUT2D eigenvalue weighted by Gasteiger charge is 2.52. The molecule has 3 saturated heterocycles. The standard InChI is InChI=1S/C30H35N3O5S/c1-38-26-13-12-20(19-39(31,36)37)16-24(26)18-32-28-23-14-15-33(25(17-23)30(34)35)29(28)27(21-8-4-2-5-9-21)22-10-6-3-7-11-22/h2-13,16,23,25,27-29,32H,14-15,17-19H2,1H3,(H,34,35)(H2,31,36,37)/t23-,25?,28+,29+/m1/s1. The van der Waals surface area contributed by atoms with Crippen molar-refractivity contribution in [2.45, 2.75) is 49.2 Å². The quantitative estimate of drug-likeness (QED) is 0.355. The number of carboxylic acids is 1. The summed E-state index contributed by atoms with van der Waals surface area (Å²) in [5, 5.41) is 19.2. The zero-order valence-corrected chi connectivity index (χ0v) is 22.8. The Labute approximate surface area is 229 Å². The Hall–Kier alpha value is -3.24. The van der Waals surface area contributed by atoms with Crippen LogP contribution in [0.5, 0.6) is 5.75 Å². The van der Waals surface area contributed by atoms with Gasteiger partial charge in [0.15, 0.2) is 0 Å². The Morgan fingerprint density at radius 1 is 1.08 bits per heavy atom. The van der Waals surface area contributed by atoms with Crippen molar-refractivity contribution in [2.24, 2.45) is 11.1 Å². The van der Waals surface area contributed by atoms with E-state index in [1.807, 2.05) is 42.5 Å². The lowest BCUT2D eigenvalue weighted by Gasteiger charge is -2.56. The van der Waals surface area contributed by atoms with Crippen LogP contribution in [0.3, 0.4) is 0 Å². The van der Waals surface area contributed by atoms with Gasteiger partial charge >= 0.3 is 5.97 Å². The van der Waals surface area contributed by atoms with Gasteiger partial charge in [0.25, 0.3) is 0 Å². The molecule has 3 aliphatic heterocycles. The number of piperidine rings is 3. The van der Waals surface area contributed by atoms with Crippen LogP contribution in [-0.2, 0) is 27.1 Å². The zero-order chi connectivity index (χ0) is 27.6. The van der Waals surface area contributed by atoms with E-state index in [1.54, 1.807) is 19.2 Å². The number of nitrogens with one attached hydrogen (secondary N) is 1. The lowest BCUT2D eigenvalue weighted by molar-refractivity contribution is -0.152. The van der Waals surface area contributed by atoms with Gasteiger partial charge in [-0.1, -0.05) is 66.7 Å². The number of fused-ring (bicyclic) bond motifs is 3. The maximum absolute atomic E-state index is 12.4. The molecule has 0 saturated carbocycles. The normalized spacial score (nSPS) is 24.5. The number of nitrogens with zero attached hydrogens (tertiary/aromatic N) is 1. The maximum Gasteiger partial charge on any atom is 0.320 e. The molecule has 206 valence electrons. The summed E-state index contributed by atoms with van der Waals surface area (Å²) in [6, 6.07) is 25.3. The van der Waals surface area contributed by atoms with Crippen LogP contribution >= 0.6 is 0 Å². The van der Waals surface area contributed by atoms with Crippen molar-refractivity contribution in [3.63, 3.8) is 0 Å². The van der Waals surface area contributed by atoms with E-state index >= 15 is 0 Å². The topological polar surface area (TPSA) is 122 Å². The monoisotopic (exact) mass is 549 g/mol. The van der Waals surface area contributed by atoms with E-state index < -0.39 is 22.0 Å². The summed E-state index contributed by atoms with van der Waals surface area (Å²) in [5.41, 5.74) is 3.72. The molecule has 0 spiro atoms. The molecule has 0 amide bonds. The van der Waals surface area contributed by atoms with Gasteiger partial charge in [-0.3, -0.25) is 9.69 Å². The number of benzene rings is 3. The molecule has 39 heavy (non-hydrogen) atoms. The number of carbonyl (C=O) groups is 1. The Morgan fingerprint density at radius 2 is 1.72 bits per heavy atom. The third-order valence-electron chi connectivity index (χ3n) is 8.13. The number of methoxy groups -OCH3 is 1. The van der Waals surface area contributed by atoms with Crippen LogP contribution < -0.4 is 15.2 Å². The molecule has 3 fully saturated rings. The number of primary sulfonamides is 1. The van der Waals surface area contributed by atoms with Gasteiger partial charge < -0.3 is 15.2 Å². The third kappa shape index (κ3) is 6.01. The minimum absolute atomic E-state index is 0.00589. The molecule has 9 heteroatoms. The van der Waals surface area contributed by atoms with E-state index in [0.29, 0.717) is 24.3 Å². The summed E-state index contributed by atoms with van der Waals surface area (Å²) in [5.74, 6) is -0.235. The fourth-order valence-corrected chi connectivity index (χ4v) is 7.18. The molecule has 0 radical (unpaired) electrons. The number of sulfonamides is 1.